The zero-order valence-electron chi connectivity index (χ0n) is 16.5. The van der Waals surface area contributed by atoms with Crippen molar-refractivity contribution in [2.24, 2.45) is 17.8 Å². The minimum Gasteiger partial charge on any atom is -0.482 e. The molecular formula is C24H28O5. The van der Waals surface area contributed by atoms with E-state index in [-0.39, 0.29) is 31.7 Å². The van der Waals surface area contributed by atoms with Crippen LogP contribution in [-0.4, -0.2) is 35.5 Å². The lowest BCUT2D eigenvalue weighted by atomic mass is 9.73. The highest BCUT2D eigenvalue weighted by atomic mass is 16.6. The van der Waals surface area contributed by atoms with Crippen LogP contribution in [-0.2, 0) is 29.0 Å². The van der Waals surface area contributed by atoms with Crippen molar-refractivity contribution in [2.45, 2.75) is 38.4 Å². The number of carbonyl (C=O) groups excluding carboxylic acids is 1. The summed E-state index contributed by atoms with van der Waals surface area (Å²) in [6, 6.07) is 15.6. The highest BCUT2D eigenvalue weighted by Crippen LogP contribution is 2.47. The van der Waals surface area contributed by atoms with Crippen LogP contribution >= 0.6 is 0 Å². The third kappa shape index (κ3) is 4.46. The molecule has 1 fully saturated rings. The van der Waals surface area contributed by atoms with Crippen molar-refractivity contribution >= 4 is 5.97 Å². The van der Waals surface area contributed by atoms with Gasteiger partial charge in [0.2, 0.25) is 0 Å². The molecule has 2 aromatic carbocycles. The first-order chi connectivity index (χ1) is 14.2. The van der Waals surface area contributed by atoms with Crippen LogP contribution in [0.1, 0.15) is 29.5 Å². The lowest BCUT2D eigenvalue weighted by Gasteiger charge is -2.33. The van der Waals surface area contributed by atoms with Gasteiger partial charge in [0.25, 0.3) is 0 Å². The fourth-order valence-corrected chi connectivity index (χ4v) is 4.97. The van der Waals surface area contributed by atoms with Crippen LogP contribution in [0.3, 0.4) is 0 Å². The van der Waals surface area contributed by atoms with Gasteiger partial charge in [-0.15, -0.1) is 0 Å². The minimum atomic E-state index is -0.634. The third-order valence-corrected chi connectivity index (χ3v) is 6.45. The third-order valence-electron chi connectivity index (χ3n) is 6.45. The quantitative estimate of drug-likeness (QED) is 0.704. The van der Waals surface area contributed by atoms with E-state index in [1.54, 1.807) is 0 Å². The van der Waals surface area contributed by atoms with E-state index in [0.29, 0.717) is 11.8 Å². The van der Waals surface area contributed by atoms with Crippen molar-refractivity contribution in [3.05, 3.63) is 65.2 Å². The SMILES string of the molecule is O=C(COc1cccc2c1CC1CCC(C(O)CO)C1C2)OCc1ccccc1. The fraction of sp³-hybridized carbons (Fsp3) is 0.458. The van der Waals surface area contributed by atoms with E-state index in [1.807, 2.05) is 42.5 Å². The fourth-order valence-electron chi connectivity index (χ4n) is 4.97. The highest BCUT2D eigenvalue weighted by molar-refractivity contribution is 5.71. The van der Waals surface area contributed by atoms with Gasteiger partial charge in [-0.3, -0.25) is 0 Å². The molecule has 2 aliphatic carbocycles. The Kier molecular flexibility index (Phi) is 6.16. The number of aliphatic hydroxyl groups excluding tert-OH is 2. The lowest BCUT2D eigenvalue weighted by molar-refractivity contribution is -0.147. The van der Waals surface area contributed by atoms with Gasteiger partial charge in [-0.2, -0.15) is 0 Å². The second-order valence-corrected chi connectivity index (χ2v) is 8.15. The van der Waals surface area contributed by atoms with E-state index in [4.69, 9.17) is 9.47 Å². The molecule has 1 saturated carbocycles. The van der Waals surface area contributed by atoms with Gasteiger partial charge in [-0.25, -0.2) is 4.79 Å². The summed E-state index contributed by atoms with van der Waals surface area (Å²) in [6.45, 7) is -0.0352. The normalized spacial score (nSPS) is 23.7. The number of fused-ring (bicyclic) bond motifs is 2. The van der Waals surface area contributed by atoms with Crippen LogP contribution in [0.2, 0.25) is 0 Å². The first-order valence-electron chi connectivity index (χ1n) is 10.4. The summed E-state index contributed by atoms with van der Waals surface area (Å²) in [4.78, 5) is 12.1. The second kappa shape index (κ2) is 8.97. The average Bonchev–Trinajstić information content (AvgIpc) is 3.17. The molecule has 0 spiro atoms. The summed E-state index contributed by atoms with van der Waals surface area (Å²) in [6.07, 6.45) is 3.15. The number of carbonyl (C=O) groups is 1. The second-order valence-electron chi connectivity index (χ2n) is 8.15. The molecule has 2 aromatic rings. The van der Waals surface area contributed by atoms with E-state index < -0.39 is 6.10 Å². The van der Waals surface area contributed by atoms with Crippen LogP contribution in [0.4, 0.5) is 0 Å². The maximum atomic E-state index is 12.1. The predicted molar refractivity (Wildman–Crippen MR) is 108 cm³/mol. The van der Waals surface area contributed by atoms with Crippen LogP contribution in [0.25, 0.3) is 0 Å². The number of hydrogen-bond acceptors (Lipinski definition) is 5. The Labute approximate surface area is 171 Å². The Morgan fingerprint density at radius 1 is 1.07 bits per heavy atom. The summed E-state index contributed by atoms with van der Waals surface area (Å²) in [5, 5.41) is 19.5. The number of hydrogen-bond donors (Lipinski definition) is 2. The number of ether oxygens (including phenoxy) is 2. The average molecular weight is 396 g/mol. The van der Waals surface area contributed by atoms with Crippen molar-refractivity contribution in [2.75, 3.05) is 13.2 Å². The molecule has 0 radical (unpaired) electrons. The summed E-state index contributed by atoms with van der Waals surface area (Å²) >= 11 is 0. The van der Waals surface area contributed by atoms with Crippen molar-refractivity contribution in [3.8, 4) is 5.75 Å². The lowest BCUT2D eigenvalue weighted by Crippen LogP contribution is -2.33. The number of benzene rings is 2. The summed E-state index contributed by atoms with van der Waals surface area (Å²) in [5.74, 6) is 1.42. The van der Waals surface area contributed by atoms with Gasteiger partial charge >= 0.3 is 5.97 Å². The molecule has 0 amide bonds. The molecule has 0 bridgehead atoms. The monoisotopic (exact) mass is 396 g/mol. The van der Waals surface area contributed by atoms with Crippen molar-refractivity contribution in [1.82, 2.24) is 0 Å². The first kappa shape index (κ1) is 19.9. The Morgan fingerprint density at radius 3 is 2.69 bits per heavy atom. The van der Waals surface area contributed by atoms with Gasteiger partial charge in [0.05, 0.1) is 12.7 Å². The van der Waals surface area contributed by atoms with Crippen molar-refractivity contribution in [3.63, 3.8) is 0 Å². The molecule has 5 nitrogen and oxygen atoms in total. The van der Waals surface area contributed by atoms with E-state index in [0.717, 1.165) is 37.0 Å². The molecule has 4 atom stereocenters. The van der Waals surface area contributed by atoms with Gasteiger partial charge in [-0.1, -0.05) is 42.5 Å². The maximum Gasteiger partial charge on any atom is 0.344 e. The number of aliphatic hydroxyl groups is 2. The first-order valence-corrected chi connectivity index (χ1v) is 10.4. The standard InChI is InChI=1S/C24H28O5/c25-13-22(26)19-10-9-18-12-21-17(11-20(18)19)7-4-8-23(21)28-15-24(27)29-14-16-5-2-1-3-6-16/h1-8,18-20,22,25-26H,9-15H2. The Balaban J connectivity index is 1.37. The molecular weight excluding hydrogens is 368 g/mol. The molecule has 0 aliphatic heterocycles. The van der Waals surface area contributed by atoms with Gasteiger partial charge in [0.1, 0.15) is 12.4 Å². The largest absolute Gasteiger partial charge is 0.482 e. The highest BCUT2D eigenvalue weighted by Gasteiger charge is 2.42. The number of rotatable bonds is 7. The molecule has 0 saturated heterocycles. The van der Waals surface area contributed by atoms with E-state index in [9.17, 15) is 15.0 Å². The molecule has 0 heterocycles. The Hall–Kier alpha value is -2.37. The van der Waals surface area contributed by atoms with Gasteiger partial charge < -0.3 is 19.7 Å². The predicted octanol–water partition coefficient (Wildman–Crippen LogP) is 2.90. The zero-order valence-corrected chi connectivity index (χ0v) is 16.5. The van der Waals surface area contributed by atoms with Crippen LogP contribution < -0.4 is 4.74 Å². The maximum absolute atomic E-state index is 12.1. The van der Waals surface area contributed by atoms with Crippen molar-refractivity contribution < 1.29 is 24.5 Å². The van der Waals surface area contributed by atoms with Crippen molar-refractivity contribution in [1.29, 1.82) is 0 Å². The topological polar surface area (TPSA) is 76.0 Å². The summed E-state index contributed by atoms with van der Waals surface area (Å²) in [7, 11) is 0. The summed E-state index contributed by atoms with van der Waals surface area (Å²) in [5.41, 5.74) is 3.34. The molecule has 0 aromatic heterocycles. The van der Waals surface area contributed by atoms with E-state index in [1.165, 1.54) is 11.1 Å². The Morgan fingerprint density at radius 2 is 1.90 bits per heavy atom. The molecule has 154 valence electrons. The van der Waals surface area contributed by atoms with Crippen LogP contribution in [0, 0.1) is 17.8 Å². The van der Waals surface area contributed by atoms with Crippen LogP contribution in [0.15, 0.2) is 48.5 Å². The molecule has 5 heteroatoms. The molecule has 2 aliphatic rings. The molecule has 2 N–H and O–H groups in total. The van der Waals surface area contributed by atoms with Crippen LogP contribution in [0.5, 0.6) is 5.75 Å². The minimum absolute atomic E-state index is 0.108. The van der Waals surface area contributed by atoms with Gasteiger partial charge in [0.15, 0.2) is 6.61 Å². The summed E-state index contributed by atoms with van der Waals surface area (Å²) < 4.78 is 11.1. The van der Waals surface area contributed by atoms with Gasteiger partial charge in [-0.05, 0) is 66.2 Å². The number of esters is 1. The molecule has 4 rings (SSSR count). The molecule has 29 heavy (non-hydrogen) atoms. The van der Waals surface area contributed by atoms with E-state index in [2.05, 4.69) is 6.07 Å². The van der Waals surface area contributed by atoms with Gasteiger partial charge in [0, 0.05) is 0 Å². The molecule has 4 unspecified atom stereocenters. The van der Waals surface area contributed by atoms with E-state index >= 15 is 0 Å². The zero-order chi connectivity index (χ0) is 20.2. The Bertz CT molecular complexity index is 834. The smallest absolute Gasteiger partial charge is 0.344 e.